The number of likely N-dealkylation sites (tertiary alicyclic amines) is 1. The average molecular weight is 272 g/mol. The minimum absolute atomic E-state index is 0.449. The minimum Gasteiger partial charge on any atom is -0.385 e. The molecule has 1 aliphatic rings. The molecule has 4 heteroatoms. The van der Waals surface area contributed by atoms with Crippen LogP contribution in [-0.2, 0) is 9.47 Å². The molecule has 0 spiro atoms. The highest BCUT2D eigenvalue weighted by Gasteiger charge is 2.23. The number of rotatable bonds is 10. The number of nitrogens with one attached hydrogen (secondary N) is 1. The summed E-state index contributed by atoms with van der Waals surface area (Å²) in [7, 11) is 1.76. The first-order valence-corrected chi connectivity index (χ1v) is 7.83. The minimum atomic E-state index is 0.449. The Kier molecular flexibility index (Phi) is 9.43. The van der Waals surface area contributed by atoms with E-state index in [2.05, 4.69) is 24.1 Å². The first-order valence-electron chi connectivity index (χ1n) is 7.83. The second kappa shape index (κ2) is 10.6. The fraction of sp³-hybridized carbons (Fsp3) is 1.00. The van der Waals surface area contributed by atoms with Crippen LogP contribution in [0.2, 0.25) is 0 Å². The molecule has 0 saturated carbocycles. The Morgan fingerprint density at radius 1 is 1.37 bits per heavy atom. The Morgan fingerprint density at radius 2 is 2.21 bits per heavy atom. The maximum atomic E-state index is 5.89. The molecule has 2 unspecified atom stereocenters. The van der Waals surface area contributed by atoms with E-state index in [1.54, 1.807) is 7.11 Å². The third-order valence-electron chi connectivity index (χ3n) is 3.73. The molecule has 1 heterocycles. The summed E-state index contributed by atoms with van der Waals surface area (Å²) in [6.07, 6.45) is 5.15. The summed E-state index contributed by atoms with van der Waals surface area (Å²) in [5.41, 5.74) is 0. The van der Waals surface area contributed by atoms with E-state index in [1.165, 1.54) is 19.4 Å². The van der Waals surface area contributed by atoms with Crippen LogP contribution < -0.4 is 5.32 Å². The summed E-state index contributed by atoms with van der Waals surface area (Å²) in [4.78, 5) is 2.56. The summed E-state index contributed by atoms with van der Waals surface area (Å²) in [5.74, 6) is 0. The van der Waals surface area contributed by atoms with Crippen LogP contribution >= 0.6 is 0 Å². The summed E-state index contributed by atoms with van der Waals surface area (Å²) >= 11 is 0. The van der Waals surface area contributed by atoms with Gasteiger partial charge in [-0.25, -0.2) is 0 Å². The van der Waals surface area contributed by atoms with Crippen molar-refractivity contribution in [3.63, 3.8) is 0 Å². The van der Waals surface area contributed by atoms with E-state index in [1.807, 2.05) is 0 Å². The van der Waals surface area contributed by atoms with Crippen LogP contribution in [0.5, 0.6) is 0 Å². The Bertz CT molecular complexity index is 214. The van der Waals surface area contributed by atoms with Crippen LogP contribution in [-0.4, -0.2) is 63.5 Å². The van der Waals surface area contributed by atoms with E-state index in [4.69, 9.17) is 9.47 Å². The van der Waals surface area contributed by atoms with Gasteiger partial charge in [0, 0.05) is 39.5 Å². The van der Waals surface area contributed by atoms with Crippen molar-refractivity contribution in [2.75, 3.05) is 46.5 Å². The zero-order chi connectivity index (χ0) is 13.9. The molecule has 0 amide bonds. The van der Waals surface area contributed by atoms with Gasteiger partial charge in [-0.05, 0) is 45.7 Å². The van der Waals surface area contributed by atoms with Crippen molar-refractivity contribution < 1.29 is 9.47 Å². The molecule has 19 heavy (non-hydrogen) atoms. The van der Waals surface area contributed by atoms with E-state index in [0.29, 0.717) is 12.1 Å². The van der Waals surface area contributed by atoms with Crippen LogP contribution in [0.15, 0.2) is 0 Å². The molecular weight excluding hydrogens is 240 g/mol. The largest absolute Gasteiger partial charge is 0.385 e. The fourth-order valence-electron chi connectivity index (χ4n) is 2.57. The highest BCUT2D eigenvalue weighted by molar-refractivity contribution is 4.78. The standard InChI is InChI=1S/C15H32N2O2/c1-4-10-19-15-7-5-9-17(13-15)14(2)12-16-8-6-11-18-3/h14-16H,4-13H2,1-3H3. The molecule has 0 aromatic heterocycles. The molecule has 0 bridgehead atoms. The first-order chi connectivity index (χ1) is 9.27. The van der Waals surface area contributed by atoms with Crippen molar-refractivity contribution in [2.24, 2.45) is 0 Å². The molecule has 0 radical (unpaired) electrons. The molecule has 1 saturated heterocycles. The Morgan fingerprint density at radius 3 is 2.95 bits per heavy atom. The molecule has 4 nitrogen and oxygen atoms in total. The van der Waals surface area contributed by atoms with Crippen LogP contribution in [0, 0.1) is 0 Å². The van der Waals surface area contributed by atoms with Gasteiger partial charge in [-0.2, -0.15) is 0 Å². The van der Waals surface area contributed by atoms with Crippen LogP contribution in [0.1, 0.15) is 39.5 Å². The molecule has 1 rings (SSSR count). The summed E-state index contributed by atoms with van der Waals surface area (Å²) in [6, 6.07) is 0.593. The molecule has 1 N–H and O–H groups in total. The summed E-state index contributed by atoms with van der Waals surface area (Å²) in [5, 5.41) is 3.51. The van der Waals surface area contributed by atoms with Crippen molar-refractivity contribution in [1.29, 1.82) is 0 Å². The van der Waals surface area contributed by atoms with Gasteiger partial charge in [0.05, 0.1) is 6.10 Å². The first kappa shape index (κ1) is 16.9. The number of hydrogen-bond donors (Lipinski definition) is 1. The highest BCUT2D eigenvalue weighted by Crippen LogP contribution is 2.15. The zero-order valence-electron chi connectivity index (χ0n) is 13.0. The van der Waals surface area contributed by atoms with Gasteiger partial charge in [0.1, 0.15) is 0 Å². The highest BCUT2D eigenvalue weighted by atomic mass is 16.5. The molecule has 0 aromatic rings. The summed E-state index contributed by atoms with van der Waals surface area (Å²) in [6.45, 7) is 10.7. The number of methoxy groups -OCH3 is 1. The molecule has 0 aliphatic carbocycles. The van der Waals surface area contributed by atoms with Crippen molar-refractivity contribution >= 4 is 0 Å². The lowest BCUT2D eigenvalue weighted by atomic mass is 10.1. The third kappa shape index (κ3) is 7.25. The molecule has 1 fully saturated rings. The van der Waals surface area contributed by atoms with Gasteiger partial charge in [0.15, 0.2) is 0 Å². The number of nitrogens with zero attached hydrogens (tertiary/aromatic N) is 1. The van der Waals surface area contributed by atoms with Crippen molar-refractivity contribution in [3.8, 4) is 0 Å². The lowest BCUT2D eigenvalue weighted by Gasteiger charge is -2.36. The van der Waals surface area contributed by atoms with E-state index in [0.717, 1.165) is 45.7 Å². The Balaban J connectivity index is 2.14. The van der Waals surface area contributed by atoms with Gasteiger partial charge in [0.25, 0.3) is 0 Å². The van der Waals surface area contributed by atoms with Crippen LogP contribution in [0.25, 0.3) is 0 Å². The van der Waals surface area contributed by atoms with E-state index >= 15 is 0 Å². The molecule has 0 aromatic carbocycles. The Labute approximate surface area is 118 Å². The predicted molar refractivity (Wildman–Crippen MR) is 79.7 cm³/mol. The summed E-state index contributed by atoms with van der Waals surface area (Å²) < 4.78 is 10.9. The van der Waals surface area contributed by atoms with Gasteiger partial charge >= 0.3 is 0 Å². The quantitative estimate of drug-likeness (QED) is 0.616. The smallest absolute Gasteiger partial charge is 0.0702 e. The van der Waals surface area contributed by atoms with Crippen LogP contribution in [0.4, 0.5) is 0 Å². The van der Waals surface area contributed by atoms with Gasteiger partial charge in [0.2, 0.25) is 0 Å². The topological polar surface area (TPSA) is 33.7 Å². The average Bonchev–Trinajstić information content (AvgIpc) is 2.45. The second-order valence-corrected chi connectivity index (χ2v) is 5.53. The molecular formula is C15H32N2O2. The zero-order valence-corrected chi connectivity index (χ0v) is 13.0. The van der Waals surface area contributed by atoms with Crippen molar-refractivity contribution in [2.45, 2.75) is 51.7 Å². The van der Waals surface area contributed by atoms with E-state index in [9.17, 15) is 0 Å². The normalized spacial score (nSPS) is 22.6. The maximum Gasteiger partial charge on any atom is 0.0702 e. The van der Waals surface area contributed by atoms with Gasteiger partial charge < -0.3 is 14.8 Å². The molecule has 114 valence electrons. The lowest BCUT2D eigenvalue weighted by molar-refractivity contribution is -0.0102. The lowest BCUT2D eigenvalue weighted by Crippen LogP contribution is -2.48. The number of piperidine rings is 1. The molecule has 1 aliphatic heterocycles. The monoisotopic (exact) mass is 272 g/mol. The number of hydrogen-bond acceptors (Lipinski definition) is 4. The predicted octanol–water partition coefficient (Wildman–Crippen LogP) is 1.89. The SMILES string of the molecule is CCCOC1CCCN(C(C)CNCCCOC)C1. The van der Waals surface area contributed by atoms with Crippen molar-refractivity contribution in [3.05, 3.63) is 0 Å². The van der Waals surface area contributed by atoms with Crippen molar-refractivity contribution in [1.82, 2.24) is 10.2 Å². The maximum absolute atomic E-state index is 5.89. The van der Waals surface area contributed by atoms with Gasteiger partial charge in [-0.1, -0.05) is 6.92 Å². The van der Waals surface area contributed by atoms with E-state index < -0.39 is 0 Å². The Hall–Kier alpha value is -0.160. The van der Waals surface area contributed by atoms with Gasteiger partial charge in [-0.15, -0.1) is 0 Å². The number of ether oxygens (including phenoxy) is 2. The van der Waals surface area contributed by atoms with Gasteiger partial charge in [-0.3, -0.25) is 4.90 Å². The second-order valence-electron chi connectivity index (χ2n) is 5.53. The van der Waals surface area contributed by atoms with E-state index in [-0.39, 0.29) is 0 Å². The molecule has 2 atom stereocenters. The van der Waals surface area contributed by atoms with Crippen LogP contribution in [0.3, 0.4) is 0 Å². The third-order valence-corrected chi connectivity index (χ3v) is 3.73. The fourth-order valence-corrected chi connectivity index (χ4v) is 2.57.